The number of para-hydroxylation sites is 1. The first-order chi connectivity index (χ1) is 18.2. The van der Waals surface area contributed by atoms with Crippen LogP contribution < -0.4 is 5.73 Å². The lowest BCUT2D eigenvalue weighted by Gasteiger charge is -2.41. The molecule has 11 heteroatoms. The molecule has 0 saturated carbocycles. The van der Waals surface area contributed by atoms with E-state index in [0.29, 0.717) is 16.6 Å². The van der Waals surface area contributed by atoms with Crippen LogP contribution in [0.5, 0.6) is 5.75 Å². The third-order valence-corrected chi connectivity index (χ3v) is 7.78. The van der Waals surface area contributed by atoms with Crippen molar-refractivity contribution in [1.82, 2.24) is 15.0 Å². The van der Waals surface area contributed by atoms with Crippen molar-refractivity contribution < 1.29 is 34.5 Å². The van der Waals surface area contributed by atoms with E-state index in [4.69, 9.17) is 5.73 Å². The Bertz CT molecular complexity index is 1660. The number of aromatic nitrogens is 3. The standard InChI is InChI=1S/C27H22N4O7/c28-27(38)23-18(33)9-12-7-11-8-14-13(19(34)10-31-16-4-2-1-3-15(16)29-30-31)5-6-17(32)22(14)25(36)20(11)24(35)21(12)26(23)37/h1-6,11-12,21,32-33,35H,7-10H2,(H2,28,38). The summed E-state index contributed by atoms with van der Waals surface area (Å²) < 4.78 is 1.46. The summed E-state index contributed by atoms with van der Waals surface area (Å²) in [4.78, 5) is 51.8. The molecule has 11 nitrogen and oxygen atoms in total. The highest BCUT2D eigenvalue weighted by Gasteiger charge is 2.50. The van der Waals surface area contributed by atoms with Gasteiger partial charge in [0.15, 0.2) is 17.3 Å². The Labute approximate surface area is 214 Å². The summed E-state index contributed by atoms with van der Waals surface area (Å²) in [5.74, 6) is -6.55. The summed E-state index contributed by atoms with van der Waals surface area (Å²) in [5, 5.41) is 40.1. The minimum absolute atomic E-state index is 0.0283. The molecule has 0 spiro atoms. The molecule has 3 atom stereocenters. The lowest BCUT2D eigenvalue weighted by Crippen LogP contribution is -2.43. The fourth-order valence-corrected chi connectivity index (χ4v) is 6.16. The summed E-state index contributed by atoms with van der Waals surface area (Å²) in [5.41, 5.74) is 6.45. The number of Topliss-reactive ketones (excluding diaryl/α,β-unsaturated/α-hetero) is 3. The van der Waals surface area contributed by atoms with Gasteiger partial charge in [-0.25, -0.2) is 4.68 Å². The molecule has 0 radical (unpaired) electrons. The van der Waals surface area contributed by atoms with Gasteiger partial charge in [-0.2, -0.15) is 0 Å². The van der Waals surface area contributed by atoms with Crippen LogP contribution >= 0.6 is 0 Å². The molecular formula is C27H22N4O7. The van der Waals surface area contributed by atoms with E-state index in [9.17, 15) is 34.5 Å². The van der Waals surface area contributed by atoms with Crippen LogP contribution in [0.1, 0.15) is 39.1 Å². The molecule has 6 rings (SSSR count). The zero-order valence-electron chi connectivity index (χ0n) is 19.9. The normalized spacial score (nSPS) is 22.8. The number of aliphatic hydroxyl groups excluding tert-OH is 2. The Balaban J connectivity index is 1.40. The Morgan fingerprint density at radius 2 is 1.82 bits per heavy atom. The van der Waals surface area contributed by atoms with Gasteiger partial charge in [0.2, 0.25) is 0 Å². The number of nitrogens with zero attached hydrogens (tertiary/aromatic N) is 3. The highest BCUT2D eigenvalue weighted by molar-refractivity contribution is 6.22. The van der Waals surface area contributed by atoms with E-state index in [1.165, 1.54) is 16.8 Å². The average Bonchev–Trinajstić information content (AvgIpc) is 3.26. The molecule has 3 unspecified atom stereocenters. The number of aliphatic hydroxyl groups is 2. The zero-order valence-corrected chi connectivity index (χ0v) is 19.9. The summed E-state index contributed by atoms with van der Waals surface area (Å²) in [6, 6.07) is 9.89. The van der Waals surface area contributed by atoms with Crippen LogP contribution in [0.25, 0.3) is 11.0 Å². The molecule has 0 aliphatic heterocycles. The first-order valence-electron chi connectivity index (χ1n) is 12.1. The number of carbonyl (C=O) groups excluding carboxylic acids is 4. The molecule has 1 amide bonds. The Morgan fingerprint density at radius 3 is 2.58 bits per heavy atom. The second-order valence-electron chi connectivity index (χ2n) is 9.90. The first kappa shape index (κ1) is 23.6. The highest BCUT2D eigenvalue weighted by Crippen LogP contribution is 2.49. The largest absolute Gasteiger partial charge is 0.511 e. The number of primary amides is 1. The van der Waals surface area contributed by atoms with Gasteiger partial charge >= 0.3 is 0 Å². The Hall–Kier alpha value is -4.80. The number of allylic oxidation sites excluding steroid dienone is 3. The monoisotopic (exact) mass is 514 g/mol. The lowest BCUT2D eigenvalue weighted by molar-refractivity contribution is -0.126. The molecule has 3 aromatic rings. The molecule has 2 aromatic carbocycles. The topological polar surface area (TPSA) is 186 Å². The van der Waals surface area contributed by atoms with E-state index in [-0.39, 0.29) is 54.0 Å². The number of phenolic OH excluding ortho intramolecular Hbond substituents is 1. The summed E-state index contributed by atoms with van der Waals surface area (Å²) in [6.07, 6.45) is 0.335. The Kier molecular flexibility index (Phi) is 5.20. The van der Waals surface area contributed by atoms with Gasteiger partial charge in [0.25, 0.3) is 5.91 Å². The van der Waals surface area contributed by atoms with E-state index < -0.39 is 52.3 Å². The molecule has 3 aliphatic carbocycles. The zero-order chi connectivity index (χ0) is 26.9. The third kappa shape index (κ3) is 3.35. The van der Waals surface area contributed by atoms with E-state index in [2.05, 4.69) is 10.3 Å². The van der Waals surface area contributed by atoms with Crippen molar-refractivity contribution in [2.45, 2.75) is 25.8 Å². The predicted octanol–water partition coefficient (Wildman–Crippen LogP) is 2.09. The highest BCUT2D eigenvalue weighted by atomic mass is 16.3. The van der Waals surface area contributed by atoms with Crippen LogP contribution in [0.2, 0.25) is 0 Å². The molecule has 192 valence electrons. The number of fused-ring (bicyclic) bond motifs is 4. The lowest BCUT2D eigenvalue weighted by atomic mass is 9.62. The molecule has 0 saturated heterocycles. The first-order valence-corrected chi connectivity index (χ1v) is 12.1. The van der Waals surface area contributed by atoms with E-state index in [1.54, 1.807) is 18.2 Å². The molecule has 3 aliphatic rings. The SMILES string of the molecule is NC(=O)C1=C(O)CC2CC3Cc4c(C(=O)Cn5nnc6ccccc65)ccc(O)c4C(=O)C3=C(O)C2C1=O. The van der Waals surface area contributed by atoms with Crippen molar-refractivity contribution >= 4 is 34.3 Å². The number of hydrogen-bond acceptors (Lipinski definition) is 9. The Morgan fingerprint density at radius 1 is 1.05 bits per heavy atom. The predicted molar refractivity (Wildman–Crippen MR) is 131 cm³/mol. The van der Waals surface area contributed by atoms with Crippen LogP contribution in [0.15, 0.2) is 59.1 Å². The van der Waals surface area contributed by atoms with Gasteiger partial charge in [0.05, 0.1) is 17.0 Å². The van der Waals surface area contributed by atoms with Gasteiger partial charge in [-0.15, -0.1) is 5.10 Å². The second kappa shape index (κ2) is 8.37. The molecule has 5 N–H and O–H groups in total. The van der Waals surface area contributed by atoms with E-state index >= 15 is 0 Å². The molecular weight excluding hydrogens is 492 g/mol. The van der Waals surface area contributed by atoms with Crippen LogP contribution in [0.4, 0.5) is 0 Å². The number of amides is 1. The molecule has 38 heavy (non-hydrogen) atoms. The summed E-state index contributed by atoms with van der Waals surface area (Å²) in [7, 11) is 0. The van der Waals surface area contributed by atoms with Gasteiger partial charge in [0.1, 0.15) is 34.9 Å². The summed E-state index contributed by atoms with van der Waals surface area (Å²) >= 11 is 0. The number of nitrogens with two attached hydrogens (primary N) is 1. The maximum atomic E-state index is 13.6. The van der Waals surface area contributed by atoms with Crippen LogP contribution in [0.3, 0.4) is 0 Å². The maximum Gasteiger partial charge on any atom is 0.255 e. The fourth-order valence-electron chi connectivity index (χ4n) is 6.16. The van der Waals surface area contributed by atoms with Crippen LogP contribution in [-0.4, -0.2) is 53.6 Å². The van der Waals surface area contributed by atoms with E-state index in [0.717, 1.165) is 0 Å². The number of carbonyl (C=O) groups is 4. The number of rotatable bonds is 4. The van der Waals surface area contributed by atoms with Crippen LogP contribution in [-0.2, 0) is 22.6 Å². The number of aromatic hydroxyl groups is 1. The van der Waals surface area contributed by atoms with Gasteiger partial charge in [-0.3, -0.25) is 19.2 Å². The third-order valence-electron chi connectivity index (χ3n) is 7.78. The van der Waals surface area contributed by atoms with Crippen molar-refractivity contribution in [2.24, 2.45) is 23.5 Å². The fraction of sp³-hybridized carbons (Fsp3) is 0.259. The number of benzene rings is 2. The average molecular weight is 514 g/mol. The number of hydrogen-bond donors (Lipinski definition) is 4. The van der Waals surface area contributed by atoms with Crippen LogP contribution in [0, 0.1) is 17.8 Å². The minimum Gasteiger partial charge on any atom is -0.511 e. The molecule has 1 heterocycles. The number of ketones is 3. The van der Waals surface area contributed by atoms with Gasteiger partial charge in [0, 0.05) is 17.6 Å². The van der Waals surface area contributed by atoms with Gasteiger partial charge in [-0.05, 0) is 54.5 Å². The summed E-state index contributed by atoms with van der Waals surface area (Å²) in [6.45, 7) is -0.141. The molecule has 0 bridgehead atoms. The van der Waals surface area contributed by atoms with Crippen molar-refractivity contribution in [2.75, 3.05) is 0 Å². The van der Waals surface area contributed by atoms with Crippen molar-refractivity contribution in [3.05, 3.63) is 75.8 Å². The van der Waals surface area contributed by atoms with Crippen molar-refractivity contribution in [3.63, 3.8) is 0 Å². The van der Waals surface area contributed by atoms with Crippen molar-refractivity contribution in [3.8, 4) is 5.75 Å². The second-order valence-corrected chi connectivity index (χ2v) is 9.90. The number of phenols is 1. The van der Waals surface area contributed by atoms with Gasteiger partial charge in [-0.1, -0.05) is 17.3 Å². The molecule has 1 aromatic heterocycles. The minimum atomic E-state index is -1.20. The quantitative estimate of drug-likeness (QED) is 0.299. The maximum absolute atomic E-state index is 13.6. The smallest absolute Gasteiger partial charge is 0.255 e. The van der Waals surface area contributed by atoms with Crippen molar-refractivity contribution in [1.29, 1.82) is 0 Å². The molecule has 0 fully saturated rings. The van der Waals surface area contributed by atoms with Gasteiger partial charge < -0.3 is 21.1 Å². The van der Waals surface area contributed by atoms with E-state index in [1.807, 2.05) is 6.07 Å².